The van der Waals surface area contributed by atoms with Gasteiger partial charge in [0.15, 0.2) is 0 Å². The Morgan fingerprint density at radius 3 is 2.57 bits per heavy atom. The van der Waals surface area contributed by atoms with Crippen molar-refractivity contribution in [2.75, 3.05) is 12.8 Å². The molecule has 14 heavy (non-hydrogen) atoms. The van der Waals surface area contributed by atoms with Crippen LogP contribution in [0.3, 0.4) is 0 Å². The molecule has 0 fully saturated rings. The summed E-state index contributed by atoms with van der Waals surface area (Å²) in [6.07, 6.45) is -2.56. The number of aliphatic hydroxyl groups is 2. The fourth-order valence-corrected chi connectivity index (χ4v) is 1.18. The minimum Gasteiger partial charge on any atom is -0.435 e. The quantitative estimate of drug-likeness (QED) is 0.161. The molecule has 2 atom stereocenters. The number of thiol groups is 1. The van der Waals surface area contributed by atoms with Crippen molar-refractivity contribution >= 4 is 26.5 Å². The highest BCUT2D eigenvalue weighted by molar-refractivity contribution is 7.81. The largest absolute Gasteiger partial charge is 0.435 e. The lowest BCUT2D eigenvalue weighted by atomic mass is 10.4. The lowest BCUT2D eigenvalue weighted by Crippen LogP contribution is -2.21. The highest BCUT2D eigenvalue weighted by atomic mass is 32.1. The highest BCUT2D eigenvalue weighted by Gasteiger charge is 2.25. The van der Waals surface area contributed by atoms with E-state index in [2.05, 4.69) is 21.6 Å². The molecule has 0 aliphatic heterocycles. The summed E-state index contributed by atoms with van der Waals surface area (Å²) < 4.78 is 18.8. The first-order valence-electron chi connectivity index (χ1n) is 3.54. The van der Waals surface area contributed by atoms with E-state index >= 15 is 0 Å². The molecule has 0 aromatic rings. The third-order valence-corrected chi connectivity index (χ3v) is 2.78. The van der Waals surface area contributed by atoms with Crippen molar-refractivity contribution in [2.24, 2.45) is 0 Å². The van der Waals surface area contributed by atoms with Crippen LogP contribution < -0.4 is 0 Å². The molecule has 2 unspecified atom stereocenters. The van der Waals surface area contributed by atoms with Crippen LogP contribution in [-0.2, 0) is 18.1 Å². The van der Waals surface area contributed by atoms with E-state index in [4.69, 9.17) is 15.1 Å². The topological polar surface area (TPSA) is 113 Å². The van der Waals surface area contributed by atoms with E-state index in [1.54, 1.807) is 0 Å². The standard InChI is InChI=1S/C5H11O7PS/c6-2-1-4(7)11-5(8)3-13(9,10)12-14/h4,6-7,14H,1-3H2,(H,9,10). The van der Waals surface area contributed by atoms with Crippen LogP contribution in [0.4, 0.5) is 0 Å². The third kappa shape index (κ3) is 6.36. The minimum atomic E-state index is -4.09. The van der Waals surface area contributed by atoms with Crippen molar-refractivity contribution in [1.82, 2.24) is 0 Å². The fourth-order valence-electron chi connectivity index (χ4n) is 0.550. The number of esters is 1. The number of hydrogen-bond donors (Lipinski definition) is 4. The van der Waals surface area contributed by atoms with Crippen molar-refractivity contribution in [1.29, 1.82) is 0 Å². The maximum atomic E-state index is 10.8. The predicted molar refractivity (Wildman–Crippen MR) is 48.6 cm³/mol. The Balaban J connectivity index is 3.93. The lowest BCUT2D eigenvalue weighted by molar-refractivity contribution is -0.166. The van der Waals surface area contributed by atoms with Crippen LogP contribution in [0.15, 0.2) is 0 Å². The SMILES string of the molecule is O=C(CP(=O)(O)OS)OC(O)CCO. The Labute approximate surface area is 85.8 Å². The molecule has 0 aromatic carbocycles. The Hall–Kier alpha value is -0.110. The zero-order valence-electron chi connectivity index (χ0n) is 7.07. The van der Waals surface area contributed by atoms with E-state index in [1.165, 1.54) is 0 Å². The molecule has 0 heterocycles. The summed E-state index contributed by atoms with van der Waals surface area (Å²) in [5.74, 6) is -1.11. The summed E-state index contributed by atoms with van der Waals surface area (Å²) in [4.78, 5) is 19.6. The van der Waals surface area contributed by atoms with Crippen molar-refractivity contribution in [3.63, 3.8) is 0 Å². The fraction of sp³-hybridized carbons (Fsp3) is 0.800. The summed E-state index contributed by atoms with van der Waals surface area (Å²) in [5, 5.41) is 17.2. The number of rotatable bonds is 6. The number of hydrogen-bond acceptors (Lipinski definition) is 7. The number of carbonyl (C=O) groups is 1. The van der Waals surface area contributed by atoms with E-state index in [0.29, 0.717) is 0 Å². The molecule has 0 spiro atoms. The molecule has 0 radical (unpaired) electrons. The van der Waals surface area contributed by atoms with Gasteiger partial charge in [-0.15, -0.1) is 0 Å². The van der Waals surface area contributed by atoms with E-state index in [9.17, 15) is 9.36 Å². The third-order valence-electron chi connectivity index (χ3n) is 1.10. The molecule has 0 aromatic heterocycles. The van der Waals surface area contributed by atoms with Gasteiger partial charge in [0.1, 0.15) is 6.16 Å². The van der Waals surface area contributed by atoms with Gasteiger partial charge in [-0.25, -0.2) is 3.97 Å². The van der Waals surface area contributed by atoms with Gasteiger partial charge in [-0.2, -0.15) is 0 Å². The van der Waals surface area contributed by atoms with Gasteiger partial charge in [0.05, 0.1) is 0 Å². The number of ether oxygens (including phenoxy) is 1. The highest BCUT2D eigenvalue weighted by Crippen LogP contribution is 2.42. The van der Waals surface area contributed by atoms with Gasteiger partial charge in [0.2, 0.25) is 6.29 Å². The van der Waals surface area contributed by atoms with Crippen molar-refractivity contribution < 1.29 is 33.2 Å². The van der Waals surface area contributed by atoms with Crippen LogP contribution in [0.25, 0.3) is 0 Å². The second-order valence-electron chi connectivity index (χ2n) is 2.33. The second kappa shape index (κ2) is 6.39. The summed E-state index contributed by atoms with van der Waals surface area (Å²) >= 11 is 3.08. The molecule has 9 heteroatoms. The minimum absolute atomic E-state index is 0.163. The second-order valence-corrected chi connectivity index (χ2v) is 4.58. The van der Waals surface area contributed by atoms with Crippen LogP contribution in [0.1, 0.15) is 6.42 Å². The first-order chi connectivity index (χ1) is 6.41. The molecule has 0 aliphatic rings. The molecular formula is C5H11O7PS. The van der Waals surface area contributed by atoms with Gasteiger partial charge in [-0.05, 0) is 12.9 Å². The lowest BCUT2D eigenvalue weighted by Gasteiger charge is -2.11. The molecular weight excluding hydrogens is 235 g/mol. The Bertz CT molecular complexity index is 232. The Morgan fingerprint density at radius 1 is 1.57 bits per heavy atom. The summed E-state index contributed by atoms with van der Waals surface area (Å²) in [6, 6.07) is 0. The molecule has 84 valence electrons. The Morgan fingerprint density at radius 2 is 2.14 bits per heavy atom. The number of aliphatic hydroxyl groups excluding tert-OH is 2. The summed E-state index contributed by atoms with van der Waals surface area (Å²) in [7, 11) is -4.09. The molecule has 0 saturated heterocycles. The maximum Gasteiger partial charge on any atom is 0.350 e. The zero-order valence-corrected chi connectivity index (χ0v) is 8.86. The first kappa shape index (κ1) is 13.9. The van der Waals surface area contributed by atoms with Crippen LogP contribution in [-0.4, -0.2) is 40.1 Å². The van der Waals surface area contributed by atoms with Gasteiger partial charge in [0, 0.05) is 13.0 Å². The van der Waals surface area contributed by atoms with Crippen molar-refractivity contribution in [3.05, 3.63) is 0 Å². The van der Waals surface area contributed by atoms with Crippen LogP contribution in [0.5, 0.6) is 0 Å². The molecule has 0 rings (SSSR count). The summed E-state index contributed by atoms with van der Waals surface area (Å²) in [6.45, 7) is -0.367. The van der Waals surface area contributed by atoms with Gasteiger partial charge < -0.3 is 19.8 Å². The molecule has 0 bridgehead atoms. The van der Waals surface area contributed by atoms with Gasteiger partial charge >= 0.3 is 13.6 Å². The van der Waals surface area contributed by atoms with E-state index < -0.39 is 26.0 Å². The van der Waals surface area contributed by atoms with Gasteiger partial charge in [-0.1, -0.05) is 0 Å². The predicted octanol–water partition coefficient (Wildman–Crippen LogP) is -0.723. The van der Waals surface area contributed by atoms with Crippen LogP contribution in [0, 0.1) is 0 Å². The average molecular weight is 246 g/mol. The number of carbonyl (C=O) groups excluding carboxylic acids is 1. The van der Waals surface area contributed by atoms with Crippen LogP contribution in [0.2, 0.25) is 0 Å². The van der Waals surface area contributed by atoms with Crippen molar-refractivity contribution in [3.8, 4) is 0 Å². The molecule has 3 N–H and O–H groups in total. The van der Waals surface area contributed by atoms with Crippen LogP contribution >= 0.6 is 20.5 Å². The molecule has 0 saturated carbocycles. The van der Waals surface area contributed by atoms with Gasteiger partial charge in [0.25, 0.3) is 0 Å². The Kier molecular flexibility index (Phi) is 6.34. The van der Waals surface area contributed by atoms with Gasteiger partial charge in [-0.3, -0.25) is 9.36 Å². The smallest absolute Gasteiger partial charge is 0.350 e. The van der Waals surface area contributed by atoms with E-state index in [-0.39, 0.29) is 13.0 Å². The van der Waals surface area contributed by atoms with Crippen molar-refractivity contribution in [2.45, 2.75) is 12.7 Å². The van der Waals surface area contributed by atoms with E-state index in [0.717, 1.165) is 0 Å². The zero-order chi connectivity index (χ0) is 11.2. The molecule has 0 aliphatic carbocycles. The normalized spacial score (nSPS) is 17.1. The van der Waals surface area contributed by atoms with E-state index in [1.807, 2.05) is 0 Å². The molecule has 0 amide bonds. The average Bonchev–Trinajstić information content (AvgIpc) is 2.03. The monoisotopic (exact) mass is 246 g/mol. The first-order valence-corrected chi connectivity index (χ1v) is 5.67. The molecule has 7 nitrogen and oxygen atoms in total. The summed E-state index contributed by atoms with van der Waals surface area (Å²) in [5.41, 5.74) is 0. The maximum absolute atomic E-state index is 10.8.